The van der Waals surface area contributed by atoms with Gasteiger partial charge in [0.15, 0.2) is 0 Å². The molecule has 18 heavy (non-hydrogen) atoms. The number of nitrogens with zero attached hydrogens (tertiary/aromatic N) is 1. The van der Waals surface area contributed by atoms with Crippen LogP contribution in [0.25, 0.3) is 0 Å². The first-order valence-electron chi connectivity index (χ1n) is 5.48. The fraction of sp³-hybridized carbons (Fsp3) is 0.455. The number of para-hydroxylation sites is 1. The van der Waals surface area contributed by atoms with Crippen LogP contribution in [0.1, 0.15) is 0 Å². The van der Waals surface area contributed by atoms with Crippen LogP contribution in [-0.2, 0) is 14.8 Å². The second-order valence-corrected chi connectivity index (χ2v) is 7.70. The highest BCUT2D eigenvalue weighted by atomic mass is 32.2. The third kappa shape index (κ3) is 2.49. The summed E-state index contributed by atoms with van der Waals surface area (Å²) in [6.07, 6.45) is 0. The van der Waals surface area contributed by atoms with Crippen LogP contribution < -0.4 is 5.73 Å². The summed E-state index contributed by atoms with van der Waals surface area (Å²) in [5, 5.41) is 0.365. The van der Waals surface area contributed by atoms with E-state index in [1.54, 1.807) is 17.8 Å². The molecule has 1 aliphatic heterocycles. The molecule has 7 heteroatoms. The van der Waals surface area contributed by atoms with Crippen molar-refractivity contribution in [1.29, 1.82) is 0 Å². The Morgan fingerprint density at radius 1 is 1.39 bits per heavy atom. The van der Waals surface area contributed by atoms with E-state index in [4.69, 9.17) is 10.5 Å². The molecule has 0 radical (unpaired) electrons. The summed E-state index contributed by atoms with van der Waals surface area (Å²) < 4.78 is 30.4. The van der Waals surface area contributed by atoms with Gasteiger partial charge in [0.2, 0.25) is 10.0 Å². The highest BCUT2D eigenvalue weighted by Gasteiger charge is 2.25. The minimum Gasteiger partial charge on any atom is -0.397 e. The summed E-state index contributed by atoms with van der Waals surface area (Å²) in [6, 6.07) is 5.09. The van der Waals surface area contributed by atoms with E-state index >= 15 is 0 Å². The molecule has 1 aromatic rings. The predicted molar refractivity (Wildman–Crippen MR) is 72.2 cm³/mol. The average molecular weight is 288 g/mol. The molecule has 0 saturated carbocycles. The van der Waals surface area contributed by atoms with Crippen LogP contribution in [0.5, 0.6) is 0 Å². The zero-order valence-electron chi connectivity index (χ0n) is 10.3. The van der Waals surface area contributed by atoms with Crippen molar-refractivity contribution >= 4 is 27.5 Å². The number of nitrogen functional groups attached to an aromatic ring is 1. The van der Waals surface area contributed by atoms with E-state index in [-0.39, 0.29) is 4.90 Å². The van der Waals surface area contributed by atoms with Gasteiger partial charge in [-0.15, -0.1) is 11.8 Å². The topological polar surface area (TPSA) is 72.6 Å². The summed E-state index contributed by atoms with van der Waals surface area (Å²) in [4.78, 5) is 0.962. The van der Waals surface area contributed by atoms with E-state index in [1.807, 2.05) is 6.07 Å². The molecular formula is C11H16N2O3S2. The highest BCUT2D eigenvalue weighted by Crippen LogP contribution is 2.35. The number of nitrogens with two attached hydrogens (primary N) is 1. The van der Waals surface area contributed by atoms with Gasteiger partial charge in [-0.2, -0.15) is 0 Å². The smallest absolute Gasteiger partial charge is 0.244 e. The molecule has 0 unspecified atom stereocenters. The van der Waals surface area contributed by atoms with Crippen LogP contribution in [-0.4, -0.2) is 45.3 Å². The normalized spacial score (nSPS) is 16.8. The Morgan fingerprint density at radius 2 is 2.06 bits per heavy atom. The lowest BCUT2D eigenvalue weighted by atomic mass is 10.3. The number of sulfonamides is 1. The third-order valence-electron chi connectivity index (χ3n) is 2.69. The Kier molecular flexibility index (Phi) is 3.86. The van der Waals surface area contributed by atoms with Gasteiger partial charge < -0.3 is 10.5 Å². The van der Waals surface area contributed by atoms with Crippen molar-refractivity contribution in [2.45, 2.75) is 15.0 Å². The molecule has 0 aliphatic carbocycles. The van der Waals surface area contributed by atoms with Crippen molar-refractivity contribution in [1.82, 2.24) is 4.31 Å². The highest BCUT2D eigenvalue weighted by molar-refractivity contribution is 8.00. The molecule has 1 fully saturated rings. The Bertz CT molecular complexity index is 539. The van der Waals surface area contributed by atoms with Crippen LogP contribution in [0.2, 0.25) is 0 Å². The number of rotatable bonds is 4. The van der Waals surface area contributed by atoms with E-state index in [0.29, 0.717) is 24.2 Å². The van der Waals surface area contributed by atoms with Gasteiger partial charge in [0, 0.05) is 19.0 Å². The number of thioether (sulfide) groups is 1. The average Bonchev–Trinajstić information content (AvgIpc) is 2.24. The molecule has 0 atom stereocenters. The maximum absolute atomic E-state index is 12.1. The molecular weight excluding hydrogens is 272 g/mol. The molecule has 0 spiro atoms. The van der Waals surface area contributed by atoms with Crippen molar-refractivity contribution in [3.8, 4) is 0 Å². The Labute approximate surface area is 111 Å². The molecule has 1 saturated heterocycles. The molecule has 1 heterocycles. The summed E-state index contributed by atoms with van der Waals surface area (Å²) in [5.41, 5.74) is 6.29. The first-order valence-corrected chi connectivity index (χ1v) is 7.80. The van der Waals surface area contributed by atoms with E-state index in [2.05, 4.69) is 0 Å². The van der Waals surface area contributed by atoms with E-state index in [9.17, 15) is 8.42 Å². The van der Waals surface area contributed by atoms with Gasteiger partial charge in [-0.1, -0.05) is 6.07 Å². The number of benzene rings is 1. The maximum atomic E-state index is 12.1. The standard InChI is InChI=1S/C11H16N2O3S2/c1-13(2)18(14,15)10-5-3-4-9(11(10)12)17-8-6-16-7-8/h3-5,8H,6-7,12H2,1-2H3. The second kappa shape index (κ2) is 5.08. The predicted octanol–water partition coefficient (Wildman–Crippen LogP) is 1.01. The van der Waals surface area contributed by atoms with Gasteiger partial charge in [0.05, 0.1) is 24.2 Å². The quantitative estimate of drug-likeness (QED) is 0.837. The number of hydrogen-bond acceptors (Lipinski definition) is 5. The Morgan fingerprint density at radius 3 is 2.56 bits per heavy atom. The lowest BCUT2D eigenvalue weighted by Gasteiger charge is -2.26. The largest absolute Gasteiger partial charge is 0.397 e. The second-order valence-electron chi connectivity index (χ2n) is 4.23. The van der Waals surface area contributed by atoms with E-state index in [0.717, 1.165) is 4.90 Å². The molecule has 1 aromatic carbocycles. The van der Waals surface area contributed by atoms with Crippen molar-refractivity contribution in [2.24, 2.45) is 0 Å². The van der Waals surface area contributed by atoms with E-state index in [1.165, 1.54) is 24.5 Å². The Balaban J connectivity index is 2.35. The van der Waals surface area contributed by atoms with Crippen LogP contribution in [0.3, 0.4) is 0 Å². The van der Waals surface area contributed by atoms with Crippen LogP contribution >= 0.6 is 11.8 Å². The first-order chi connectivity index (χ1) is 8.43. The molecule has 1 aliphatic rings. The SMILES string of the molecule is CN(C)S(=O)(=O)c1cccc(SC2COC2)c1N. The summed E-state index contributed by atoms with van der Waals surface area (Å²) in [6.45, 7) is 1.38. The lowest BCUT2D eigenvalue weighted by Crippen LogP contribution is -2.30. The van der Waals surface area contributed by atoms with Crippen molar-refractivity contribution in [3.05, 3.63) is 18.2 Å². The maximum Gasteiger partial charge on any atom is 0.244 e. The minimum atomic E-state index is -3.49. The van der Waals surface area contributed by atoms with Gasteiger partial charge in [-0.05, 0) is 12.1 Å². The molecule has 0 aromatic heterocycles. The molecule has 100 valence electrons. The molecule has 5 nitrogen and oxygen atoms in total. The summed E-state index contributed by atoms with van der Waals surface area (Å²) in [5.74, 6) is 0. The van der Waals surface area contributed by atoms with Crippen molar-refractivity contribution < 1.29 is 13.2 Å². The van der Waals surface area contributed by atoms with E-state index < -0.39 is 10.0 Å². The van der Waals surface area contributed by atoms with Gasteiger partial charge >= 0.3 is 0 Å². The number of hydrogen-bond donors (Lipinski definition) is 1. The number of anilines is 1. The van der Waals surface area contributed by atoms with Gasteiger partial charge in [-0.3, -0.25) is 0 Å². The lowest BCUT2D eigenvalue weighted by molar-refractivity contribution is 0.0455. The fourth-order valence-corrected chi connectivity index (χ4v) is 3.69. The molecule has 0 amide bonds. The zero-order valence-corrected chi connectivity index (χ0v) is 11.9. The van der Waals surface area contributed by atoms with Gasteiger partial charge in [0.1, 0.15) is 4.90 Å². The van der Waals surface area contributed by atoms with Gasteiger partial charge in [-0.25, -0.2) is 12.7 Å². The third-order valence-corrected chi connectivity index (χ3v) is 5.77. The molecule has 2 rings (SSSR count). The van der Waals surface area contributed by atoms with Gasteiger partial charge in [0.25, 0.3) is 0 Å². The molecule has 0 bridgehead atoms. The minimum absolute atomic E-state index is 0.165. The Hall–Kier alpha value is -0.760. The first kappa shape index (κ1) is 13.7. The van der Waals surface area contributed by atoms with Crippen LogP contribution in [0.4, 0.5) is 5.69 Å². The molecule has 2 N–H and O–H groups in total. The van der Waals surface area contributed by atoms with Crippen LogP contribution in [0, 0.1) is 0 Å². The fourth-order valence-electron chi connectivity index (χ4n) is 1.51. The summed E-state index contributed by atoms with van der Waals surface area (Å²) >= 11 is 1.57. The monoisotopic (exact) mass is 288 g/mol. The van der Waals surface area contributed by atoms with Crippen molar-refractivity contribution in [2.75, 3.05) is 33.0 Å². The summed E-state index contributed by atoms with van der Waals surface area (Å²) in [7, 11) is -0.502. The zero-order chi connectivity index (χ0) is 13.3. The number of ether oxygens (including phenoxy) is 1. The van der Waals surface area contributed by atoms with Crippen LogP contribution in [0.15, 0.2) is 28.0 Å². The van der Waals surface area contributed by atoms with Crippen molar-refractivity contribution in [3.63, 3.8) is 0 Å².